The fraction of sp³-hybridized carbons (Fsp3) is 0.800. The van der Waals surface area contributed by atoms with E-state index in [0.717, 1.165) is 44.0 Å². The summed E-state index contributed by atoms with van der Waals surface area (Å²) in [6, 6.07) is 0. The first-order valence-corrected chi connectivity index (χ1v) is 8.11. The van der Waals surface area contributed by atoms with Crippen molar-refractivity contribution in [3.63, 3.8) is 0 Å². The molecule has 1 aliphatic heterocycles. The van der Waals surface area contributed by atoms with Gasteiger partial charge in [0.25, 0.3) is 0 Å². The van der Waals surface area contributed by atoms with Crippen LogP contribution in [0.1, 0.15) is 40.0 Å². The summed E-state index contributed by atoms with van der Waals surface area (Å²) in [6.45, 7) is 10.5. The Kier molecular flexibility index (Phi) is 5.59. The monoisotopic (exact) mass is 292 g/mol. The SMILES string of the molecule is CCN(CC)c1nc(NC)nc(N2CCCC(C)CC2)n1. The molecule has 0 bridgehead atoms. The van der Waals surface area contributed by atoms with Gasteiger partial charge in [-0.05, 0) is 39.0 Å². The normalized spacial score (nSPS) is 19.2. The van der Waals surface area contributed by atoms with Crippen molar-refractivity contribution in [1.82, 2.24) is 15.0 Å². The largest absolute Gasteiger partial charge is 0.357 e. The van der Waals surface area contributed by atoms with Crippen LogP contribution in [0.4, 0.5) is 17.8 Å². The van der Waals surface area contributed by atoms with Gasteiger partial charge in [-0.3, -0.25) is 0 Å². The minimum Gasteiger partial charge on any atom is -0.357 e. The van der Waals surface area contributed by atoms with Crippen LogP contribution in [-0.4, -0.2) is 48.2 Å². The van der Waals surface area contributed by atoms with Gasteiger partial charge in [-0.1, -0.05) is 6.92 Å². The maximum Gasteiger partial charge on any atom is 0.231 e. The van der Waals surface area contributed by atoms with Crippen molar-refractivity contribution in [3.05, 3.63) is 0 Å². The molecule has 0 saturated carbocycles. The highest BCUT2D eigenvalue weighted by molar-refractivity contribution is 5.45. The van der Waals surface area contributed by atoms with Gasteiger partial charge in [0.15, 0.2) is 0 Å². The minimum atomic E-state index is 0.652. The van der Waals surface area contributed by atoms with Gasteiger partial charge in [0.2, 0.25) is 17.8 Å². The predicted molar refractivity (Wildman–Crippen MR) is 88.2 cm³/mol. The van der Waals surface area contributed by atoms with E-state index in [1.165, 1.54) is 19.3 Å². The van der Waals surface area contributed by atoms with Crippen LogP contribution < -0.4 is 15.1 Å². The Hall–Kier alpha value is -1.59. The molecule has 6 nitrogen and oxygen atoms in total. The minimum absolute atomic E-state index is 0.652. The second kappa shape index (κ2) is 7.43. The summed E-state index contributed by atoms with van der Waals surface area (Å²) in [5.74, 6) is 3.03. The molecule has 21 heavy (non-hydrogen) atoms. The average Bonchev–Trinajstić information content (AvgIpc) is 2.73. The molecule has 0 spiro atoms. The van der Waals surface area contributed by atoms with Gasteiger partial charge in [-0.15, -0.1) is 0 Å². The predicted octanol–water partition coefficient (Wildman–Crippen LogP) is 2.39. The molecule has 1 aromatic heterocycles. The standard InChI is InChI=1S/C15H28N6/c1-5-20(6-2)14-17-13(16-4)18-15(19-14)21-10-7-8-12(3)9-11-21/h12H,5-11H2,1-4H3,(H,16,17,18,19). The third kappa shape index (κ3) is 3.95. The molecule has 2 rings (SSSR count). The summed E-state index contributed by atoms with van der Waals surface area (Å²) in [5, 5.41) is 3.06. The van der Waals surface area contributed by atoms with E-state index >= 15 is 0 Å². The van der Waals surface area contributed by atoms with Crippen LogP contribution in [0.3, 0.4) is 0 Å². The van der Waals surface area contributed by atoms with Gasteiger partial charge in [-0.2, -0.15) is 15.0 Å². The van der Waals surface area contributed by atoms with Crippen molar-refractivity contribution in [3.8, 4) is 0 Å². The van der Waals surface area contributed by atoms with Gasteiger partial charge in [0.05, 0.1) is 0 Å². The number of rotatable bonds is 5. The molecular weight excluding hydrogens is 264 g/mol. The van der Waals surface area contributed by atoms with Crippen LogP contribution in [0.25, 0.3) is 0 Å². The first kappa shape index (κ1) is 15.8. The van der Waals surface area contributed by atoms with Gasteiger partial charge in [0.1, 0.15) is 0 Å². The Morgan fingerprint density at radius 2 is 1.90 bits per heavy atom. The van der Waals surface area contributed by atoms with Crippen molar-refractivity contribution in [2.45, 2.75) is 40.0 Å². The topological polar surface area (TPSA) is 57.2 Å². The van der Waals surface area contributed by atoms with Gasteiger partial charge >= 0.3 is 0 Å². The third-order valence-corrected chi connectivity index (χ3v) is 4.18. The number of hydrogen-bond acceptors (Lipinski definition) is 6. The summed E-state index contributed by atoms with van der Waals surface area (Å²) in [7, 11) is 1.86. The van der Waals surface area contributed by atoms with Crippen LogP contribution in [-0.2, 0) is 0 Å². The molecule has 1 unspecified atom stereocenters. The van der Waals surface area contributed by atoms with E-state index in [1.807, 2.05) is 7.05 Å². The Bertz CT molecular complexity index is 446. The second-order valence-electron chi connectivity index (χ2n) is 5.70. The van der Waals surface area contributed by atoms with Gasteiger partial charge < -0.3 is 15.1 Å². The van der Waals surface area contributed by atoms with Crippen molar-refractivity contribution in [2.75, 3.05) is 48.3 Å². The average molecular weight is 292 g/mol. The van der Waals surface area contributed by atoms with Crippen LogP contribution in [0.5, 0.6) is 0 Å². The van der Waals surface area contributed by atoms with E-state index in [0.29, 0.717) is 5.95 Å². The first-order chi connectivity index (χ1) is 10.2. The fourth-order valence-corrected chi connectivity index (χ4v) is 2.72. The van der Waals surface area contributed by atoms with E-state index in [9.17, 15) is 0 Å². The molecule has 1 saturated heterocycles. The summed E-state index contributed by atoms with van der Waals surface area (Å²) in [6.07, 6.45) is 3.72. The number of nitrogens with one attached hydrogen (secondary N) is 1. The Morgan fingerprint density at radius 3 is 2.57 bits per heavy atom. The quantitative estimate of drug-likeness (QED) is 0.899. The smallest absolute Gasteiger partial charge is 0.231 e. The van der Waals surface area contributed by atoms with Crippen molar-refractivity contribution >= 4 is 17.8 Å². The lowest BCUT2D eigenvalue weighted by atomic mass is 10.0. The summed E-state index contributed by atoms with van der Waals surface area (Å²) in [5.41, 5.74) is 0. The summed E-state index contributed by atoms with van der Waals surface area (Å²) >= 11 is 0. The molecule has 0 radical (unpaired) electrons. The van der Waals surface area contributed by atoms with Crippen molar-refractivity contribution in [2.24, 2.45) is 5.92 Å². The zero-order valence-corrected chi connectivity index (χ0v) is 13.8. The van der Waals surface area contributed by atoms with E-state index in [2.05, 4.69) is 45.9 Å². The van der Waals surface area contributed by atoms with E-state index in [4.69, 9.17) is 4.98 Å². The highest BCUT2D eigenvalue weighted by Crippen LogP contribution is 2.22. The van der Waals surface area contributed by atoms with E-state index in [-0.39, 0.29) is 0 Å². The molecule has 6 heteroatoms. The summed E-state index contributed by atoms with van der Waals surface area (Å²) < 4.78 is 0. The van der Waals surface area contributed by atoms with Gasteiger partial charge in [-0.25, -0.2) is 0 Å². The first-order valence-electron chi connectivity index (χ1n) is 8.11. The maximum atomic E-state index is 4.70. The summed E-state index contributed by atoms with van der Waals surface area (Å²) in [4.78, 5) is 18.2. The molecular formula is C15H28N6. The van der Waals surface area contributed by atoms with Crippen LogP contribution in [0.2, 0.25) is 0 Å². The second-order valence-corrected chi connectivity index (χ2v) is 5.70. The molecule has 1 N–H and O–H groups in total. The number of anilines is 3. The molecule has 0 aliphatic carbocycles. The molecule has 1 fully saturated rings. The maximum absolute atomic E-state index is 4.70. The molecule has 2 heterocycles. The van der Waals surface area contributed by atoms with E-state index < -0.39 is 0 Å². The van der Waals surface area contributed by atoms with Crippen molar-refractivity contribution in [1.29, 1.82) is 0 Å². The van der Waals surface area contributed by atoms with Crippen LogP contribution in [0.15, 0.2) is 0 Å². The molecule has 1 aliphatic rings. The number of nitrogens with zero attached hydrogens (tertiary/aromatic N) is 5. The number of hydrogen-bond donors (Lipinski definition) is 1. The Balaban J connectivity index is 2.27. The molecule has 0 amide bonds. The lowest BCUT2D eigenvalue weighted by molar-refractivity contribution is 0.521. The highest BCUT2D eigenvalue weighted by atomic mass is 15.4. The molecule has 118 valence electrons. The van der Waals surface area contributed by atoms with Crippen LogP contribution in [0, 0.1) is 5.92 Å². The highest BCUT2D eigenvalue weighted by Gasteiger charge is 2.19. The zero-order chi connectivity index (χ0) is 15.2. The Morgan fingerprint density at radius 1 is 1.14 bits per heavy atom. The lowest BCUT2D eigenvalue weighted by Gasteiger charge is -2.24. The number of aromatic nitrogens is 3. The van der Waals surface area contributed by atoms with Crippen LogP contribution >= 0.6 is 0 Å². The van der Waals surface area contributed by atoms with E-state index in [1.54, 1.807) is 0 Å². The van der Waals surface area contributed by atoms with Crippen molar-refractivity contribution < 1.29 is 0 Å². The molecule has 1 aromatic rings. The lowest BCUT2D eigenvalue weighted by Crippen LogP contribution is -2.30. The molecule has 1 atom stereocenters. The fourth-order valence-electron chi connectivity index (χ4n) is 2.72. The zero-order valence-electron chi connectivity index (χ0n) is 13.8. The molecule has 0 aromatic carbocycles. The Labute approximate surface area is 128 Å². The third-order valence-electron chi connectivity index (χ3n) is 4.18. The van der Waals surface area contributed by atoms with Gasteiger partial charge in [0, 0.05) is 33.2 Å².